The molecule has 0 aliphatic rings. The van der Waals surface area contributed by atoms with E-state index in [-0.39, 0.29) is 11.3 Å². The second-order valence-electron chi connectivity index (χ2n) is 3.69. The zero-order chi connectivity index (χ0) is 11.9. The molecule has 0 aliphatic heterocycles. The number of rotatable bonds is 1. The predicted octanol–water partition coefficient (Wildman–Crippen LogP) is 1.55. The lowest BCUT2D eigenvalue weighted by atomic mass is 10.1. The topological polar surface area (TPSA) is 59.3 Å². The SMILES string of the molecule is Cc1c(C(=O)O)n(C)c(=O)c2ccccc12. The molecule has 1 heterocycles. The molecule has 4 heteroatoms. The first-order valence-electron chi connectivity index (χ1n) is 4.85. The number of benzene rings is 1. The monoisotopic (exact) mass is 217 g/mol. The molecule has 0 atom stereocenters. The zero-order valence-corrected chi connectivity index (χ0v) is 9.02. The third-order valence-corrected chi connectivity index (χ3v) is 2.76. The summed E-state index contributed by atoms with van der Waals surface area (Å²) in [6.07, 6.45) is 0. The molecular formula is C12H11NO3. The Morgan fingerprint density at radius 3 is 2.38 bits per heavy atom. The standard InChI is InChI=1S/C12H11NO3/c1-7-8-5-3-4-6-9(8)11(14)13(2)10(7)12(15)16/h3-6H,1-2H3,(H,15,16). The summed E-state index contributed by atoms with van der Waals surface area (Å²) in [6, 6.07) is 7.03. The molecule has 2 rings (SSSR count). The van der Waals surface area contributed by atoms with Crippen molar-refractivity contribution in [1.29, 1.82) is 0 Å². The fraction of sp³-hybridized carbons (Fsp3) is 0.167. The van der Waals surface area contributed by atoms with Gasteiger partial charge < -0.3 is 9.67 Å². The second-order valence-corrected chi connectivity index (χ2v) is 3.69. The van der Waals surface area contributed by atoms with Crippen molar-refractivity contribution in [3.8, 4) is 0 Å². The highest BCUT2D eigenvalue weighted by atomic mass is 16.4. The highest BCUT2D eigenvalue weighted by Crippen LogP contribution is 2.17. The molecule has 0 saturated carbocycles. The van der Waals surface area contributed by atoms with Crippen LogP contribution in [0, 0.1) is 6.92 Å². The molecule has 0 radical (unpaired) electrons. The summed E-state index contributed by atoms with van der Waals surface area (Å²) in [5, 5.41) is 10.3. The lowest BCUT2D eigenvalue weighted by Crippen LogP contribution is -2.24. The number of aryl methyl sites for hydroxylation is 1. The molecule has 4 nitrogen and oxygen atoms in total. The number of hydrogen-bond donors (Lipinski definition) is 1. The molecule has 16 heavy (non-hydrogen) atoms. The molecule has 0 unspecified atom stereocenters. The third-order valence-electron chi connectivity index (χ3n) is 2.76. The van der Waals surface area contributed by atoms with E-state index in [1.165, 1.54) is 11.6 Å². The van der Waals surface area contributed by atoms with Crippen LogP contribution in [0.25, 0.3) is 10.8 Å². The van der Waals surface area contributed by atoms with Gasteiger partial charge in [-0.15, -0.1) is 0 Å². The van der Waals surface area contributed by atoms with Crippen molar-refractivity contribution in [1.82, 2.24) is 4.57 Å². The van der Waals surface area contributed by atoms with E-state index in [2.05, 4.69) is 0 Å². The molecule has 1 aromatic carbocycles. The molecule has 0 spiro atoms. The van der Waals surface area contributed by atoms with Crippen LogP contribution in [0.15, 0.2) is 29.1 Å². The minimum absolute atomic E-state index is 0.0451. The zero-order valence-electron chi connectivity index (χ0n) is 9.02. The lowest BCUT2D eigenvalue weighted by Gasteiger charge is -2.10. The molecule has 0 bridgehead atoms. The van der Waals surface area contributed by atoms with Gasteiger partial charge in [0.15, 0.2) is 0 Å². The molecule has 0 aliphatic carbocycles. The molecule has 1 aromatic heterocycles. The quantitative estimate of drug-likeness (QED) is 0.788. The van der Waals surface area contributed by atoms with Crippen LogP contribution in [-0.4, -0.2) is 15.6 Å². The van der Waals surface area contributed by atoms with E-state index < -0.39 is 5.97 Å². The minimum Gasteiger partial charge on any atom is -0.477 e. The maximum atomic E-state index is 11.9. The van der Waals surface area contributed by atoms with Crippen LogP contribution in [0.5, 0.6) is 0 Å². The van der Waals surface area contributed by atoms with Gasteiger partial charge >= 0.3 is 5.97 Å². The number of fused-ring (bicyclic) bond motifs is 1. The van der Waals surface area contributed by atoms with E-state index in [0.29, 0.717) is 16.3 Å². The van der Waals surface area contributed by atoms with Crippen molar-refractivity contribution >= 4 is 16.7 Å². The molecule has 0 saturated heterocycles. The Bertz CT molecular complexity index is 640. The Morgan fingerprint density at radius 2 is 1.81 bits per heavy atom. The minimum atomic E-state index is -1.08. The average molecular weight is 217 g/mol. The van der Waals surface area contributed by atoms with Crippen LogP contribution in [0.4, 0.5) is 0 Å². The molecule has 0 amide bonds. The Kier molecular flexibility index (Phi) is 2.27. The maximum absolute atomic E-state index is 11.9. The maximum Gasteiger partial charge on any atom is 0.352 e. The molecule has 82 valence electrons. The summed E-state index contributed by atoms with van der Waals surface area (Å²) < 4.78 is 1.18. The number of hydrogen-bond acceptors (Lipinski definition) is 2. The van der Waals surface area contributed by atoms with Gasteiger partial charge in [0.25, 0.3) is 5.56 Å². The molecule has 2 aromatic rings. The summed E-state index contributed by atoms with van der Waals surface area (Å²) in [7, 11) is 1.48. The van der Waals surface area contributed by atoms with Crippen molar-refractivity contribution < 1.29 is 9.90 Å². The van der Waals surface area contributed by atoms with Crippen molar-refractivity contribution in [2.24, 2.45) is 7.05 Å². The van der Waals surface area contributed by atoms with Crippen molar-refractivity contribution in [2.45, 2.75) is 6.92 Å². The predicted molar refractivity (Wildman–Crippen MR) is 60.9 cm³/mol. The number of aromatic carboxylic acids is 1. The summed E-state index contributed by atoms with van der Waals surface area (Å²) >= 11 is 0. The largest absolute Gasteiger partial charge is 0.477 e. The smallest absolute Gasteiger partial charge is 0.352 e. The van der Waals surface area contributed by atoms with E-state index in [4.69, 9.17) is 5.11 Å². The summed E-state index contributed by atoms with van der Waals surface area (Å²) in [5.74, 6) is -1.08. The van der Waals surface area contributed by atoms with Gasteiger partial charge in [0.05, 0.1) is 0 Å². The lowest BCUT2D eigenvalue weighted by molar-refractivity contribution is 0.0684. The molecule has 1 N–H and O–H groups in total. The van der Waals surface area contributed by atoms with E-state index in [1.807, 2.05) is 0 Å². The van der Waals surface area contributed by atoms with Crippen LogP contribution in [0.3, 0.4) is 0 Å². The fourth-order valence-electron chi connectivity index (χ4n) is 1.96. The van der Waals surface area contributed by atoms with Gasteiger partial charge in [-0.05, 0) is 23.9 Å². The van der Waals surface area contributed by atoms with Crippen LogP contribution in [-0.2, 0) is 7.05 Å². The van der Waals surface area contributed by atoms with Crippen LogP contribution >= 0.6 is 0 Å². The molecule has 0 fully saturated rings. The van der Waals surface area contributed by atoms with Gasteiger partial charge in [0.1, 0.15) is 5.69 Å². The normalized spacial score (nSPS) is 10.6. The first-order valence-corrected chi connectivity index (χ1v) is 4.85. The summed E-state index contributed by atoms with van der Waals surface area (Å²) in [6.45, 7) is 1.71. The van der Waals surface area contributed by atoms with E-state index >= 15 is 0 Å². The van der Waals surface area contributed by atoms with Crippen LogP contribution in [0.1, 0.15) is 16.1 Å². The molecular weight excluding hydrogens is 206 g/mol. The Morgan fingerprint density at radius 1 is 1.25 bits per heavy atom. The second kappa shape index (κ2) is 3.48. The van der Waals surface area contributed by atoms with Gasteiger partial charge in [0.2, 0.25) is 0 Å². The number of carboxylic acids is 1. The van der Waals surface area contributed by atoms with Gasteiger partial charge in [-0.3, -0.25) is 4.79 Å². The number of aromatic nitrogens is 1. The number of nitrogens with zero attached hydrogens (tertiary/aromatic N) is 1. The number of carboxylic acid groups (broad SMARTS) is 1. The first-order chi connectivity index (χ1) is 7.54. The van der Waals surface area contributed by atoms with Gasteiger partial charge in [-0.1, -0.05) is 18.2 Å². The van der Waals surface area contributed by atoms with Crippen LogP contribution < -0.4 is 5.56 Å². The highest BCUT2D eigenvalue weighted by molar-refractivity contribution is 5.95. The number of carbonyl (C=O) groups is 1. The fourth-order valence-corrected chi connectivity index (χ4v) is 1.96. The number of pyridine rings is 1. The van der Waals surface area contributed by atoms with Crippen molar-refractivity contribution in [3.63, 3.8) is 0 Å². The van der Waals surface area contributed by atoms with Crippen molar-refractivity contribution in [3.05, 3.63) is 45.9 Å². The van der Waals surface area contributed by atoms with E-state index in [9.17, 15) is 9.59 Å². The third kappa shape index (κ3) is 1.31. The Labute approximate surface area is 91.8 Å². The summed E-state index contributed by atoms with van der Waals surface area (Å²) in [4.78, 5) is 23.0. The van der Waals surface area contributed by atoms with Crippen LogP contribution in [0.2, 0.25) is 0 Å². The average Bonchev–Trinajstić information content (AvgIpc) is 2.26. The van der Waals surface area contributed by atoms with E-state index in [1.54, 1.807) is 31.2 Å². The summed E-state index contributed by atoms with van der Waals surface area (Å²) in [5.41, 5.74) is 0.382. The van der Waals surface area contributed by atoms with Gasteiger partial charge in [0, 0.05) is 12.4 Å². The van der Waals surface area contributed by atoms with E-state index in [0.717, 1.165) is 0 Å². The highest BCUT2D eigenvalue weighted by Gasteiger charge is 2.16. The first kappa shape index (κ1) is 10.4. The Balaban J connectivity index is 3.07. The Hall–Kier alpha value is -2.10. The van der Waals surface area contributed by atoms with Gasteiger partial charge in [-0.25, -0.2) is 4.79 Å². The van der Waals surface area contributed by atoms with Gasteiger partial charge in [-0.2, -0.15) is 0 Å². The van der Waals surface area contributed by atoms with Crippen molar-refractivity contribution in [2.75, 3.05) is 0 Å².